The van der Waals surface area contributed by atoms with Gasteiger partial charge in [0.1, 0.15) is 6.10 Å². The van der Waals surface area contributed by atoms with Crippen molar-refractivity contribution in [2.24, 2.45) is 0 Å². The van der Waals surface area contributed by atoms with E-state index in [1.54, 1.807) is 6.92 Å². The highest BCUT2D eigenvalue weighted by atomic mass is 16.6. The van der Waals surface area contributed by atoms with Crippen molar-refractivity contribution in [3.05, 3.63) is 23.7 Å². The number of hydrogen-bond acceptors (Lipinski definition) is 7. The molecule has 0 saturated heterocycles. The third kappa shape index (κ3) is 3.08. The highest BCUT2D eigenvalue weighted by Crippen LogP contribution is 2.25. The van der Waals surface area contributed by atoms with Crippen LogP contribution in [0.3, 0.4) is 0 Å². The van der Waals surface area contributed by atoms with Crippen LogP contribution in [0, 0.1) is 0 Å². The minimum absolute atomic E-state index is 0.493. The Kier molecular flexibility index (Phi) is 4.87. The maximum absolute atomic E-state index is 11.3. The number of rotatable bonds is 5. The van der Waals surface area contributed by atoms with Crippen LogP contribution in [-0.4, -0.2) is 46.1 Å². The Morgan fingerprint density at radius 3 is 2.83 bits per heavy atom. The van der Waals surface area contributed by atoms with Crippen LogP contribution in [0.5, 0.6) is 0 Å². The summed E-state index contributed by atoms with van der Waals surface area (Å²) in [7, 11) is 0. The van der Waals surface area contributed by atoms with E-state index in [0.717, 1.165) is 6.08 Å². The van der Waals surface area contributed by atoms with Gasteiger partial charge < -0.3 is 24.8 Å². The van der Waals surface area contributed by atoms with Crippen LogP contribution in [0.15, 0.2) is 23.7 Å². The van der Waals surface area contributed by atoms with E-state index in [-0.39, 0.29) is 0 Å². The number of allylic oxidation sites excluding steroid dienone is 1. The molecule has 0 unspecified atom stereocenters. The molecular formula is C11H14O7. The molecule has 0 radical (unpaired) electrons. The summed E-state index contributed by atoms with van der Waals surface area (Å²) in [6.45, 7) is 1.10. The Balaban J connectivity index is 2.84. The first-order chi connectivity index (χ1) is 8.51. The molecule has 0 aromatic heterocycles. The van der Waals surface area contributed by atoms with E-state index in [9.17, 15) is 19.8 Å². The van der Waals surface area contributed by atoms with Gasteiger partial charge in [0.2, 0.25) is 11.5 Å². The van der Waals surface area contributed by atoms with E-state index in [1.165, 1.54) is 6.08 Å². The largest absolute Gasteiger partial charge is 0.499 e. The first-order valence-corrected chi connectivity index (χ1v) is 5.32. The zero-order valence-corrected chi connectivity index (χ0v) is 9.70. The molecule has 0 aromatic carbocycles. The Morgan fingerprint density at radius 2 is 2.28 bits per heavy atom. The first kappa shape index (κ1) is 14.2. The van der Waals surface area contributed by atoms with Crippen LogP contribution in [-0.2, 0) is 19.1 Å². The highest BCUT2D eigenvalue weighted by molar-refractivity contribution is 5.91. The van der Waals surface area contributed by atoms with E-state index >= 15 is 0 Å². The summed E-state index contributed by atoms with van der Waals surface area (Å²) in [4.78, 5) is 22.4. The first-order valence-electron chi connectivity index (χ1n) is 5.32. The standard InChI is InChI=1S/C11H14O7/c1-2-3-4-7(14)17-10-8(15)11(16)18-9(10)6(13)5-12/h3-4,6,9,12-13,15H,2,5H2,1H3/t6-,9+/m0/s1. The fourth-order valence-electron chi connectivity index (χ4n) is 1.27. The van der Waals surface area contributed by atoms with Crippen molar-refractivity contribution in [3.63, 3.8) is 0 Å². The zero-order valence-electron chi connectivity index (χ0n) is 9.70. The van der Waals surface area contributed by atoms with Crippen LogP contribution < -0.4 is 0 Å². The van der Waals surface area contributed by atoms with E-state index < -0.39 is 42.3 Å². The molecule has 1 aliphatic rings. The monoisotopic (exact) mass is 258 g/mol. The SMILES string of the molecule is CCC=CC(=O)OC1=C(O)C(=O)O[C@@H]1[C@@H](O)CO. The quantitative estimate of drug-likeness (QED) is 0.452. The molecule has 18 heavy (non-hydrogen) atoms. The summed E-state index contributed by atoms with van der Waals surface area (Å²) in [5, 5.41) is 27.5. The molecule has 0 saturated carbocycles. The van der Waals surface area contributed by atoms with Gasteiger partial charge in [-0.3, -0.25) is 0 Å². The van der Waals surface area contributed by atoms with Crippen molar-refractivity contribution in [2.45, 2.75) is 25.6 Å². The van der Waals surface area contributed by atoms with E-state index in [1.807, 2.05) is 0 Å². The van der Waals surface area contributed by atoms with Crippen molar-refractivity contribution >= 4 is 11.9 Å². The van der Waals surface area contributed by atoms with Crippen LogP contribution in [0.2, 0.25) is 0 Å². The third-order valence-electron chi connectivity index (χ3n) is 2.16. The van der Waals surface area contributed by atoms with Gasteiger partial charge >= 0.3 is 11.9 Å². The van der Waals surface area contributed by atoms with Gasteiger partial charge in [-0.1, -0.05) is 13.0 Å². The number of esters is 2. The molecule has 1 aliphatic heterocycles. The molecule has 0 spiro atoms. The third-order valence-corrected chi connectivity index (χ3v) is 2.16. The Labute approximate surface area is 103 Å². The number of carbonyl (C=O) groups excluding carboxylic acids is 2. The lowest BCUT2D eigenvalue weighted by atomic mass is 10.2. The molecule has 1 heterocycles. The van der Waals surface area contributed by atoms with Crippen LogP contribution in [0.4, 0.5) is 0 Å². The molecular weight excluding hydrogens is 244 g/mol. The van der Waals surface area contributed by atoms with Crippen molar-refractivity contribution in [1.82, 2.24) is 0 Å². The second kappa shape index (κ2) is 6.18. The smallest absolute Gasteiger partial charge is 0.378 e. The van der Waals surface area contributed by atoms with Crippen LogP contribution in [0.1, 0.15) is 13.3 Å². The summed E-state index contributed by atoms with van der Waals surface area (Å²) in [6, 6.07) is 0. The van der Waals surface area contributed by atoms with Crippen molar-refractivity contribution in [2.75, 3.05) is 6.61 Å². The fourth-order valence-corrected chi connectivity index (χ4v) is 1.27. The summed E-state index contributed by atoms with van der Waals surface area (Å²) in [5.74, 6) is -3.31. The number of ether oxygens (including phenoxy) is 2. The lowest BCUT2D eigenvalue weighted by molar-refractivity contribution is -0.150. The number of aliphatic hydroxyl groups is 3. The average Bonchev–Trinajstić information content (AvgIpc) is 2.63. The minimum atomic E-state index is -1.48. The Morgan fingerprint density at radius 1 is 1.61 bits per heavy atom. The second-order valence-corrected chi connectivity index (χ2v) is 3.52. The van der Waals surface area contributed by atoms with Gasteiger partial charge in [0.25, 0.3) is 0 Å². The molecule has 3 N–H and O–H groups in total. The molecule has 100 valence electrons. The number of carbonyl (C=O) groups is 2. The summed E-state index contributed by atoms with van der Waals surface area (Å²) >= 11 is 0. The number of aliphatic hydroxyl groups excluding tert-OH is 3. The maximum atomic E-state index is 11.3. The zero-order chi connectivity index (χ0) is 13.7. The van der Waals surface area contributed by atoms with E-state index in [2.05, 4.69) is 4.74 Å². The van der Waals surface area contributed by atoms with Gasteiger partial charge in [-0.2, -0.15) is 0 Å². The minimum Gasteiger partial charge on any atom is -0.499 e. The lowest BCUT2D eigenvalue weighted by Crippen LogP contribution is -2.32. The molecule has 2 atom stereocenters. The normalized spacial score (nSPS) is 21.3. The molecule has 0 amide bonds. The molecule has 1 rings (SSSR count). The Bertz CT molecular complexity index is 396. The number of cyclic esters (lactones) is 1. The molecule has 0 bridgehead atoms. The van der Waals surface area contributed by atoms with E-state index in [4.69, 9.17) is 9.84 Å². The number of hydrogen-bond donors (Lipinski definition) is 3. The van der Waals surface area contributed by atoms with Gasteiger partial charge in [-0.25, -0.2) is 9.59 Å². The van der Waals surface area contributed by atoms with Gasteiger partial charge in [0.05, 0.1) is 6.61 Å². The fraction of sp³-hybridized carbons (Fsp3) is 0.455. The summed E-state index contributed by atoms with van der Waals surface area (Å²) in [5.41, 5.74) is 0. The van der Waals surface area contributed by atoms with Gasteiger partial charge in [0, 0.05) is 6.08 Å². The molecule has 0 fully saturated rings. The molecule has 0 aromatic rings. The van der Waals surface area contributed by atoms with Crippen LogP contribution >= 0.6 is 0 Å². The predicted molar refractivity (Wildman–Crippen MR) is 58.2 cm³/mol. The molecule has 0 aliphatic carbocycles. The predicted octanol–water partition coefficient (Wildman–Crippen LogP) is -0.456. The molecule has 7 nitrogen and oxygen atoms in total. The molecule has 7 heteroatoms. The van der Waals surface area contributed by atoms with Crippen molar-refractivity contribution in [1.29, 1.82) is 0 Å². The van der Waals surface area contributed by atoms with Gasteiger partial charge in [-0.15, -0.1) is 0 Å². The lowest BCUT2D eigenvalue weighted by Gasteiger charge is -2.16. The second-order valence-electron chi connectivity index (χ2n) is 3.52. The summed E-state index contributed by atoms with van der Waals surface area (Å²) < 4.78 is 9.29. The van der Waals surface area contributed by atoms with E-state index in [0.29, 0.717) is 6.42 Å². The van der Waals surface area contributed by atoms with Gasteiger partial charge in [-0.05, 0) is 6.42 Å². The van der Waals surface area contributed by atoms with Crippen molar-refractivity contribution in [3.8, 4) is 0 Å². The highest BCUT2D eigenvalue weighted by Gasteiger charge is 2.41. The summed E-state index contributed by atoms with van der Waals surface area (Å²) in [6.07, 6.45) is 0.386. The average molecular weight is 258 g/mol. The maximum Gasteiger partial charge on any atom is 0.378 e. The van der Waals surface area contributed by atoms with Crippen LogP contribution in [0.25, 0.3) is 0 Å². The Hall–Kier alpha value is -1.86. The van der Waals surface area contributed by atoms with Crippen molar-refractivity contribution < 1.29 is 34.4 Å². The topological polar surface area (TPSA) is 113 Å². The van der Waals surface area contributed by atoms with Gasteiger partial charge in [0.15, 0.2) is 6.10 Å².